The highest BCUT2D eigenvalue weighted by Gasteiger charge is 2.24. The quantitative estimate of drug-likeness (QED) is 0.398. The van der Waals surface area contributed by atoms with Gasteiger partial charge in [-0.25, -0.2) is 9.51 Å². The van der Waals surface area contributed by atoms with Crippen molar-refractivity contribution < 1.29 is 14.0 Å². The Hall–Kier alpha value is -0.240. The fraction of sp³-hybridized carbons (Fsp3) is 0.889. The van der Waals surface area contributed by atoms with Gasteiger partial charge in [-0.2, -0.15) is 9.68 Å². The maximum atomic E-state index is 8.42. The topological polar surface area (TPSA) is 45.5 Å². The van der Waals surface area contributed by atoms with Gasteiger partial charge in [-0.3, -0.25) is 0 Å². The van der Waals surface area contributed by atoms with E-state index in [1.54, 1.807) is 0 Å². The Labute approximate surface area is 93.0 Å². The van der Waals surface area contributed by atoms with Crippen molar-refractivity contribution in [1.29, 1.82) is 5.26 Å². The third-order valence-corrected chi connectivity index (χ3v) is 3.36. The number of nitriles is 1. The molecule has 1 fully saturated rings. The maximum Gasteiger partial charge on any atom is 0.204 e. The Morgan fingerprint density at radius 3 is 2.73 bits per heavy atom. The molecule has 1 heterocycles. The number of morpholine rings is 1. The standard InChI is InChI=1S/C9H19N3O2P/c1-12(2,14-7-3-4-10)15-11-5-8-13-9-6-11/h15H,3,5-9H2,1-2H3/q+1. The molecule has 1 atom stereocenters. The van der Waals surface area contributed by atoms with Crippen LogP contribution in [0.2, 0.25) is 0 Å². The predicted molar refractivity (Wildman–Crippen MR) is 59.0 cm³/mol. The number of rotatable bonds is 5. The molecule has 1 unspecified atom stereocenters. The largest absolute Gasteiger partial charge is 0.379 e. The van der Waals surface area contributed by atoms with E-state index in [1.807, 2.05) is 14.1 Å². The van der Waals surface area contributed by atoms with E-state index in [0.717, 1.165) is 26.3 Å². The van der Waals surface area contributed by atoms with Gasteiger partial charge in [0.2, 0.25) is 8.88 Å². The van der Waals surface area contributed by atoms with E-state index in [9.17, 15) is 0 Å². The van der Waals surface area contributed by atoms with Gasteiger partial charge in [0.1, 0.15) is 20.7 Å². The van der Waals surface area contributed by atoms with Gasteiger partial charge >= 0.3 is 0 Å². The van der Waals surface area contributed by atoms with E-state index in [2.05, 4.69) is 10.7 Å². The molecule has 1 aliphatic heterocycles. The molecule has 0 saturated carbocycles. The number of hydroxylamine groups is 2. The molecule has 1 saturated heterocycles. The van der Waals surface area contributed by atoms with Crippen molar-refractivity contribution in [1.82, 2.24) is 4.67 Å². The van der Waals surface area contributed by atoms with E-state index in [1.165, 1.54) is 0 Å². The lowest BCUT2D eigenvalue weighted by Crippen LogP contribution is -2.39. The zero-order chi connectivity index (χ0) is 11.1. The summed E-state index contributed by atoms with van der Waals surface area (Å²) in [6, 6.07) is 2.08. The van der Waals surface area contributed by atoms with Crippen LogP contribution < -0.4 is 0 Å². The van der Waals surface area contributed by atoms with Crippen molar-refractivity contribution in [2.24, 2.45) is 0 Å². The minimum absolute atomic E-state index is 0.454. The van der Waals surface area contributed by atoms with Crippen molar-refractivity contribution in [3.05, 3.63) is 0 Å². The molecular formula is C9H19N3O2P+. The molecule has 0 aromatic carbocycles. The van der Waals surface area contributed by atoms with Crippen LogP contribution in [0.5, 0.6) is 0 Å². The van der Waals surface area contributed by atoms with Crippen LogP contribution in [0.15, 0.2) is 0 Å². The fourth-order valence-electron chi connectivity index (χ4n) is 1.35. The second kappa shape index (κ2) is 6.37. The first kappa shape index (κ1) is 12.8. The Bertz CT molecular complexity index is 224. The zero-order valence-electron chi connectivity index (χ0n) is 9.40. The van der Waals surface area contributed by atoms with Gasteiger partial charge in [0.15, 0.2) is 0 Å². The summed E-state index contributed by atoms with van der Waals surface area (Å²) in [6.07, 6.45) is 0.454. The molecule has 0 aromatic heterocycles. The highest BCUT2D eigenvalue weighted by Crippen LogP contribution is 2.30. The fourth-order valence-corrected chi connectivity index (χ4v) is 2.57. The van der Waals surface area contributed by atoms with Gasteiger partial charge in [-0.15, -0.1) is 0 Å². The Morgan fingerprint density at radius 2 is 2.13 bits per heavy atom. The molecule has 0 radical (unpaired) electrons. The number of quaternary nitrogens is 1. The van der Waals surface area contributed by atoms with E-state index in [4.69, 9.17) is 14.8 Å². The molecule has 0 aliphatic carbocycles. The van der Waals surface area contributed by atoms with Gasteiger partial charge in [-0.1, -0.05) is 0 Å². The smallest absolute Gasteiger partial charge is 0.204 e. The first-order chi connectivity index (χ1) is 7.14. The SMILES string of the molecule is C[N+](C)(OCCC#N)PN1CCOCC1. The van der Waals surface area contributed by atoms with Crippen LogP contribution in [0.1, 0.15) is 6.42 Å². The first-order valence-electron chi connectivity index (χ1n) is 5.10. The molecule has 6 heteroatoms. The minimum atomic E-state index is 0.454. The van der Waals surface area contributed by atoms with E-state index in [0.29, 0.717) is 26.3 Å². The second-order valence-electron chi connectivity index (χ2n) is 3.79. The van der Waals surface area contributed by atoms with Crippen LogP contribution >= 0.6 is 8.88 Å². The number of ether oxygens (including phenoxy) is 1. The summed E-state index contributed by atoms with van der Waals surface area (Å²) in [7, 11) is 4.62. The molecular weight excluding hydrogens is 213 g/mol. The van der Waals surface area contributed by atoms with Crippen molar-refractivity contribution in [2.45, 2.75) is 6.42 Å². The lowest BCUT2D eigenvalue weighted by Gasteiger charge is -2.33. The van der Waals surface area contributed by atoms with Crippen LogP contribution in [0.25, 0.3) is 0 Å². The normalized spacial score (nSPS) is 19.5. The van der Waals surface area contributed by atoms with Crippen molar-refractivity contribution in [3.63, 3.8) is 0 Å². The van der Waals surface area contributed by atoms with Crippen LogP contribution in [-0.4, -0.2) is 56.1 Å². The lowest BCUT2D eigenvalue weighted by molar-refractivity contribution is -0.975. The van der Waals surface area contributed by atoms with Gasteiger partial charge in [-0.05, 0) is 0 Å². The van der Waals surface area contributed by atoms with Gasteiger partial charge in [0.25, 0.3) is 0 Å². The molecule has 0 spiro atoms. The third kappa shape index (κ3) is 5.41. The average Bonchev–Trinajstić information content (AvgIpc) is 2.18. The molecule has 0 amide bonds. The summed E-state index contributed by atoms with van der Waals surface area (Å²) in [5.74, 6) is 0. The van der Waals surface area contributed by atoms with Crippen molar-refractivity contribution in [3.8, 4) is 6.07 Å². The van der Waals surface area contributed by atoms with Crippen molar-refractivity contribution in [2.75, 3.05) is 47.0 Å². The van der Waals surface area contributed by atoms with Crippen LogP contribution in [0, 0.1) is 11.3 Å². The molecule has 86 valence electrons. The highest BCUT2D eigenvalue weighted by atomic mass is 31.1. The summed E-state index contributed by atoms with van der Waals surface area (Å²) >= 11 is 0. The Balaban J connectivity index is 2.24. The molecule has 1 rings (SSSR count). The lowest BCUT2D eigenvalue weighted by atomic mass is 10.5. The van der Waals surface area contributed by atoms with Crippen LogP contribution in [0.4, 0.5) is 0 Å². The molecule has 0 aromatic rings. The Morgan fingerprint density at radius 1 is 1.47 bits per heavy atom. The van der Waals surface area contributed by atoms with E-state index < -0.39 is 0 Å². The summed E-state index contributed by atoms with van der Waals surface area (Å²) in [5.41, 5.74) is 0. The van der Waals surface area contributed by atoms with Gasteiger partial charge in [0.05, 0.1) is 25.7 Å². The number of nitrogens with zero attached hydrogens (tertiary/aromatic N) is 3. The third-order valence-electron chi connectivity index (χ3n) is 2.02. The average molecular weight is 232 g/mol. The minimum Gasteiger partial charge on any atom is -0.379 e. The van der Waals surface area contributed by atoms with Crippen LogP contribution in [-0.2, 0) is 9.57 Å². The summed E-state index contributed by atoms with van der Waals surface area (Å²) in [4.78, 5) is 5.62. The Kier molecular flexibility index (Phi) is 5.44. The second-order valence-corrected chi connectivity index (χ2v) is 5.70. The van der Waals surface area contributed by atoms with Crippen LogP contribution in [0.3, 0.4) is 0 Å². The molecule has 0 N–H and O–H groups in total. The highest BCUT2D eigenvalue weighted by molar-refractivity contribution is 7.28. The first-order valence-corrected chi connectivity index (χ1v) is 5.99. The van der Waals surface area contributed by atoms with Gasteiger partial charge < -0.3 is 4.74 Å². The molecule has 15 heavy (non-hydrogen) atoms. The molecule has 1 aliphatic rings. The molecule has 0 bridgehead atoms. The molecule has 5 nitrogen and oxygen atoms in total. The monoisotopic (exact) mass is 232 g/mol. The predicted octanol–water partition coefficient (Wildman–Crippen LogP) is 0.749. The van der Waals surface area contributed by atoms with Crippen molar-refractivity contribution >= 4 is 8.88 Å². The van der Waals surface area contributed by atoms with E-state index >= 15 is 0 Å². The summed E-state index contributed by atoms with van der Waals surface area (Å²) in [5, 5.41) is 8.42. The number of hydrogen-bond acceptors (Lipinski definition) is 4. The van der Waals surface area contributed by atoms with Gasteiger partial charge in [0, 0.05) is 13.1 Å². The summed E-state index contributed by atoms with van der Waals surface area (Å²) < 4.78 is 8.13. The number of hydrogen-bond donors (Lipinski definition) is 0. The zero-order valence-corrected chi connectivity index (χ0v) is 10.4. The van der Waals surface area contributed by atoms with E-state index in [-0.39, 0.29) is 0 Å². The maximum absolute atomic E-state index is 8.42. The summed E-state index contributed by atoms with van der Waals surface area (Å²) in [6.45, 7) is 4.07.